The van der Waals surface area contributed by atoms with Crippen molar-refractivity contribution in [3.8, 4) is 11.4 Å². The lowest BCUT2D eigenvalue weighted by Gasteiger charge is -2.22. The second-order valence-corrected chi connectivity index (χ2v) is 9.10. The van der Waals surface area contributed by atoms with Gasteiger partial charge in [-0.1, -0.05) is 0 Å². The topological polar surface area (TPSA) is 102 Å². The highest BCUT2D eigenvalue weighted by Crippen LogP contribution is 2.38. The summed E-state index contributed by atoms with van der Waals surface area (Å²) in [5.41, 5.74) is 10.2. The molecule has 8 nitrogen and oxygen atoms in total. The Hall–Kier alpha value is -3.36. The minimum Gasteiger partial charge on any atom is -0.350 e. The molecule has 34 heavy (non-hydrogen) atoms. The molecular formula is C26H27N5O3. The van der Waals surface area contributed by atoms with Crippen molar-refractivity contribution in [3.63, 3.8) is 0 Å². The molecule has 174 valence electrons. The zero-order valence-corrected chi connectivity index (χ0v) is 19.2. The quantitative estimate of drug-likeness (QED) is 0.436. The smallest absolute Gasteiger partial charge is 0.276 e. The number of ether oxygens (including phenoxy) is 1. The molecule has 6 rings (SSSR count). The maximum Gasteiger partial charge on any atom is 0.276 e. The van der Waals surface area contributed by atoms with Gasteiger partial charge in [0.05, 0.1) is 28.0 Å². The number of hydrogen-bond acceptors (Lipinski definition) is 6. The molecule has 0 spiro atoms. The van der Waals surface area contributed by atoms with Crippen molar-refractivity contribution < 1.29 is 14.4 Å². The molecule has 8 heteroatoms. The average Bonchev–Trinajstić information content (AvgIpc) is 3.28. The van der Waals surface area contributed by atoms with Crippen LogP contribution in [0.1, 0.15) is 59.3 Å². The number of carbonyl (C=O) groups excluding carboxylic acids is 1. The average molecular weight is 458 g/mol. The van der Waals surface area contributed by atoms with Gasteiger partial charge in [-0.3, -0.25) is 14.9 Å². The van der Waals surface area contributed by atoms with Gasteiger partial charge in [0.25, 0.3) is 5.91 Å². The third-order valence-electron chi connectivity index (χ3n) is 6.86. The number of amides is 1. The Morgan fingerprint density at radius 1 is 1.06 bits per heavy atom. The predicted octanol–water partition coefficient (Wildman–Crippen LogP) is 4.55. The van der Waals surface area contributed by atoms with Crippen LogP contribution in [0.2, 0.25) is 0 Å². The zero-order chi connectivity index (χ0) is 23.1. The van der Waals surface area contributed by atoms with Crippen LogP contribution in [0.4, 0.5) is 0 Å². The molecule has 4 heterocycles. The number of aromatic amines is 1. The molecule has 1 aromatic carbocycles. The highest BCUT2D eigenvalue weighted by molar-refractivity contribution is 6.09. The number of fused-ring (bicyclic) bond motifs is 5. The Bertz CT molecular complexity index is 1370. The van der Waals surface area contributed by atoms with Crippen molar-refractivity contribution in [2.75, 3.05) is 6.61 Å². The molecule has 1 aliphatic carbocycles. The van der Waals surface area contributed by atoms with Crippen molar-refractivity contribution in [1.82, 2.24) is 25.6 Å². The number of hydrogen-bond donors (Lipinski definition) is 2. The summed E-state index contributed by atoms with van der Waals surface area (Å²) >= 11 is 0. The van der Waals surface area contributed by atoms with Crippen LogP contribution in [0.15, 0.2) is 30.5 Å². The molecule has 1 aliphatic heterocycles. The standard InChI is InChI=1S/C26H27N5O3/c1-15-23-20(30-29-15)12-11-19-24(23)17-6-2-3-7-18(17)25(28-19)21-10-9-16(14-27-21)26(32)31-34-22-8-4-5-13-33-22/h9-12,14,22H,2-8,13H2,1H3,(H,29,30)(H,31,32). The van der Waals surface area contributed by atoms with Gasteiger partial charge in [-0.05, 0) is 80.8 Å². The summed E-state index contributed by atoms with van der Waals surface area (Å²) in [5, 5.41) is 9.94. The van der Waals surface area contributed by atoms with Crippen LogP contribution in [-0.4, -0.2) is 39.0 Å². The van der Waals surface area contributed by atoms with E-state index in [1.54, 1.807) is 12.3 Å². The SMILES string of the molecule is Cc1[nH]nc2ccc3nc(-c4ccc(C(=O)NOC5CCCCO5)cn4)c4c(c3c12)CCCC4. The van der Waals surface area contributed by atoms with Crippen LogP contribution in [0.3, 0.4) is 0 Å². The van der Waals surface area contributed by atoms with E-state index in [4.69, 9.17) is 14.6 Å². The molecule has 1 unspecified atom stereocenters. The minimum absolute atomic E-state index is 0.334. The van der Waals surface area contributed by atoms with Crippen molar-refractivity contribution >= 4 is 27.7 Å². The minimum atomic E-state index is -0.386. The number of aryl methyl sites for hydroxylation is 2. The number of benzene rings is 1. The van der Waals surface area contributed by atoms with Gasteiger partial charge >= 0.3 is 0 Å². The molecule has 1 saturated heterocycles. The summed E-state index contributed by atoms with van der Waals surface area (Å²) in [6, 6.07) is 7.71. The van der Waals surface area contributed by atoms with Crippen LogP contribution in [0, 0.1) is 6.92 Å². The third kappa shape index (κ3) is 3.73. The van der Waals surface area contributed by atoms with E-state index >= 15 is 0 Å². The van der Waals surface area contributed by atoms with E-state index in [0.717, 1.165) is 78.4 Å². The van der Waals surface area contributed by atoms with Gasteiger partial charge in [0.2, 0.25) is 0 Å². The first kappa shape index (κ1) is 21.2. The van der Waals surface area contributed by atoms with Crippen molar-refractivity contribution in [2.45, 2.75) is 58.2 Å². The number of pyridine rings is 2. The van der Waals surface area contributed by atoms with Crippen molar-refractivity contribution in [2.24, 2.45) is 0 Å². The van der Waals surface area contributed by atoms with Crippen LogP contribution in [-0.2, 0) is 22.4 Å². The zero-order valence-electron chi connectivity index (χ0n) is 19.2. The number of nitrogens with one attached hydrogen (secondary N) is 2. The summed E-state index contributed by atoms with van der Waals surface area (Å²) in [4.78, 5) is 27.6. The van der Waals surface area contributed by atoms with Gasteiger partial charge in [-0.2, -0.15) is 5.10 Å². The Morgan fingerprint density at radius 2 is 1.91 bits per heavy atom. The van der Waals surface area contributed by atoms with E-state index in [9.17, 15) is 4.79 Å². The van der Waals surface area contributed by atoms with Crippen molar-refractivity contribution in [3.05, 3.63) is 52.8 Å². The fraction of sp³-hybridized carbons (Fsp3) is 0.385. The van der Waals surface area contributed by atoms with E-state index in [1.807, 2.05) is 18.2 Å². The summed E-state index contributed by atoms with van der Waals surface area (Å²) in [6.07, 6.45) is 8.32. The Morgan fingerprint density at radius 3 is 2.71 bits per heavy atom. The van der Waals surface area contributed by atoms with Crippen LogP contribution in [0.25, 0.3) is 33.2 Å². The number of aromatic nitrogens is 4. The lowest BCUT2D eigenvalue weighted by Crippen LogP contribution is -2.33. The summed E-state index contributed by atoms with van der Waals surface area (Å²) in [6.45, 7) is 2.72. The van der Waals surface area contributed by atoms with E-state index in [1.165, 1.54) is 16.5 Å². The lowest BCUT2D eigenvalue weighted by atomic mass is 9.86. The molecule has 0 radical (unpaired) electrons. The Labute approximate surface area is 197 Å². The fourth-order valence-corrected chi connectivity index (χ4v) is 5.14. The first-order valence-corrected chi connectivity index (χ1v) is 12.0. The van der Waals surface area contributed by atoms with Crippen molar-refractivity contribution in [1.29, 1.82) is 0 Å². The summed E-state index contributed by atoms with van der Waals surface area (Å²) in [7, 11) is 0. The van der Waals surface area contributed by atoms with E-state index in [-0.39, 0.29) is 12.2 Å². The monoisotopic (exact) mass is 457 g/mol. The third-order valence-corrected chi connectivity index (χ3v) is 6.86. The molecule has 2 aliphatic rings. The molecule has 2 N–H and O–H groups in total. The molecule has 0 saturated carbocycles. The number of rotatable bonds is 4. The Kier molecular flexibility index (Phi) is 5.47. The number of hydroxylamine groups is 1. The molecule has 0 bridgehead atoms. The van der Waals surface area contributed by atoms with Crippen LogP contribution in [0.5, 0.6) is 0 Å². The van der Waals surface area contributed by atoms with Gasteiger partial charge < -0.3 is 4.74 Å². The summed E-state index contributed by atoms with van der Waals surface area (Å²) in [5.74, 6) is -0.334. The second kappa shape index (κ2) is 8.77. The van der Waals surface area contributed by atoms with E-state index < -0.39 is 0 Å². The lowest BCUT2D eigenvalue weighted by molar-refractivity contribution is -0.186. The van der Waals surface area contributed by atoms with Gasteiger partial charge in [0.15, 0.2) is 6.29 Å². The van der Waals surface area contributed by atoms with Gasteiger partial charge in [0, 0.05) is 35.7 Å². The second-order valence-electron chi connectivity index (χ2n) is 9.10. The molecule has 1 fully saturated rings. The predicted molar refractivity (Wildman–Crippen MR) is 128 cm³/mol. The van der Waals surface area contributed by atoms with Gasteiger partial charge in [-0.25, -0.2) is 15.3 Å². The molecule has 3 aromatic heterocycles. The summed E-state index contributed by atoms with van der Waals surface area (Å²) < 4.78 is 5.49. The number of nitrogens with zero attached hydrogens (tertiary/aromatic N) is 3. The Balaban J connectivity index is 1.33. The fourth-order valence-electron chi connectivity index (χ4n) is 5.14. The van der Waals surface area contributed by atoms with Crippen LogP contribution < -0.4 is 5.48 Å². The first-order chi connectivity index (χ1) is 16.7. The molecule has 1 atom stereocenters. The molecule has 1 amide bonds. The van der Waals surface area contributed by atoms with Gasteiger partial charge in [-0.15, -0.1) is 0 Å². The van der Waals surface area contributed by atoms with E-state index in [0.29, 0.717) is 12.2 Å². The highest BCUT2D eigenvalue weighted by atomic mass is 16.8. The number of carbonyl (C=O) groups is 1. The maximum absolute atomic E-state index is 12.5. The highest BCUT2D eigenvalue weighted by Gasteiger charge is 2.23. The molecule has 4 aromatic rings. The maximum atomic E-state index is 12.5. The molecular weight excluding hydrogens is 430 g/mol. The first-order valence-electron chi connectivity index (χ1n) is 12.0. The van der Waals surface area contributed by atoms with E-state index in [2.05, 4.69) is 27.6 Å². The van der Waals surface area contributed by atoms with Gasteiger partial charge in [0.1, 0.15) is 0 Å². The largest absolute Gasteiger partial charge is 0.350 e. The normalized spacial score (nSPS) is 18.2. The van der Waals surface area contributed by atoms with Crippen LogP contribution >= 0.6 is 0 Å². The number of H-pyrrole nitrogens is 1.